The molecule has 0 aromatic carbocycles. The number of aromatic amines is 1. The maximum absolute atomic E-state index is 11.7. The molecule has 114 valence electrons. The average molecular weight is 299 g/mol. The number of aliphatic carboxylic acids is 1. The molecule has 0 bridgehead atoms. The molecule has 10 heteroatoms. The number of nitrogens with one attached hydrogen (secondary N) is 1. The Labute approximate surface area is 116 Å². The van der Waals surface area contributed by atoms with Gasteiger partial charge in [0.05, 0.1) is 12.7 Å². The summed E-state index contributed by atoms with van der Waals surface area (Å²) in [6, 6.07) is 0. The third-order valence-electron chi connectivity index (χ3n) is 2.92. The number of carbonyl (C=O) groups is 1. The van der Waals surface area contributed by atoms with E-state index in [0.29, 0.717) is 6.08 Å². The summed E-state index contributed by atoms with van der Waals surface area (Å²) in [7, 11) is 0. The van der Waals surface area contributed by atoms with Crippen molar-refractivity contribution in [2.75, 3.05) is 6.61 Å². The van der Waals surface area contributed by atoms with Gasteiger partial charge in [-0.3, -0.25) is 9.78 Å². The van der Waals surface area contributed by atoms with Crippen LogP contribution in [-0.4, -0.2) is 54.9 Å². The van der Waals surface area contributed by atoms with Gasteiger partial charge in [-0.2, -0.15) is 9.78 Å². The van der Waals surface area contributed by atoms with Gasteiger partial charge in [-0.25, -0.2) is 9.59 Å². The molecule has 0 unspecified atom stereocenters. The van der Waals surface area contributed by atoms with Crippen LogP contribution in [0, 0.1) is 0 Å². The molecule has 1 fully saturated rings. The van der Waals surface area contributed by atoms with Gasteiger partial charge in [-0.1, -0.05) is 0 Å². The van der Waals surface area contributed by atoms with Crippen LogP contribution in [0.25, 0.3) is 6.08 Å². The second-order valence-corrected chi connectivity index (χ2v) is 4.38. The van der Waals surface area contributed by atoms with Crippen molar-refractivity contribution in [3.8, 4) is 0 Å². The molecule has 0 aliphatic carbocycles. The van der Waals surface area contributed by atoms with Crippen LogP contribution in [0.2, 0.25) is 0 Å². The smallest absolute Gasteiger partial charge is 0.347 e. The molecule has 4 N–H and O–H groups in total. The van der Waals surface area contributed by atoms with Crippen LogP contribution in [0.15, 0.2) is 15.7 Å². The van der Waals surface area contributed by atoms with Crippen LogP contribution in [0.4, 0.5) is 0 Å². The monoisotopic (exact) mass is 299 g/mol. The average Bonchev–Trinajstić information content (AvgIpc) is 2.78. The Hall–Kier alpha value is -2.30. The highest BCUT2D eigenvalue weighted by molar-refractivity contribution is 5.84. The Morgan fingerprint density at radius 2 is 2.24 bits per heavy atom. The van der Waals surface area contributed by atoms with Crippen molar-refractivity contribution in [3.63, 3.8) is 0 Å². The van der Waals surface area contributed by atoms with E-state index in [-0.39, 0.29) is 12.1 Å². The summed E-state index contributed by atoms with van der Waals surface area (Å²) in [5.74, 6) is -1.28. The van der Waals surface area contributed by atoms with E-state index in [0.717, 1.165) is 10.8 Å². The number of ether oxygens (including phenoxy) is 1. The fourth-order valence-corrected chi connectivity index (χ4v) is 1.91. The minimum atomic E-state index is -1.28. The van der Waals surface area contributed by atoms with E-state index in [1.807, 2.05) is 4.98 Å². The third kappa shape index (κ3) is 3.24. The van der Waals surface area contributed by atoms with Gasteiger partial charge in [0.15, 0.2) is 6.23 Å². The highest BCUT2D eigenvalue weighted by Crippen LogP contribution is 2.26. The summed E-state index contributed by atoms with van der Waals surface area (Å²) in [5.41, 5.74) is -1.99. The first-order chi connectivity index (χ1) is 9.92. The van der Waals surface area contributed by atoms with E-state index >= 15 is 0 Å². The molecule has 3 atom stereocenters. The van der Waals surface area contributed by atoms with Crippen LogP contribution in [0.5, 0.6) is 0 Å². The van der Waals surface area contributed by atoms with Crippen LogP contribution >= 0.6 is 0 Å². The quantitative estimate of drug-likeness (QED) is 0.451. The fourth-order valence-electron chi connectivity index (χ4n) is 1.91. The normalized spacial score (nSPS) is 25.5. The third-order valence-corrected chi connectivity index (χ3v) is 2.92. The van der Waals surface area contributed by atoms with Crippen molar-refractivity contribution < 1.29 is 24.9 Å². The molecule has 0 spiro atoms. The molecule has 0 amide bonds. The summed E-state index contributed by atoms with van der Waals surface area (Å²) in [4.78, 5) is 35.6. The van der Waals surface area contributed by atoms with Gasteiger partial charge in [-0.05, 0) is 6.08 Å². The van der Waals surface area contributed by atoms with Gasteiger partial charge in [0, 0.05) is 12.5 Å². The maximum atomic E-state index is 11.7. The van der Waals surface area contributed by atoms with Crippen molar-refractivity contribution in [1.29, 1.82) is 0 Å². The number of carboxylic acids is 1. The predicted molar refractivity (Wildman–Crippen MR) is 67.4 cm³/mol. The molecule has 1 aliphatic rings. The van der Waals surface area contributed by atoms with Gasteiger partial charge in [0.1, 0.15) is 11.8 Å². The van der Waals surface area contributed by atoms with Crippen LogP contribution in [0.3, 0.4) is 0 Å². The van der Waals surface area contributed by atoms with E-state index in [9.17, 15) is 19.5 Å². The van der Waals surface area contributed by atoms with Crippen molar-refractivity contribution in [1.82, 2.24) is 14.8 Å². The summed E-state index contributed by atoms with van der Waals surface area (Å²) in [6.45, 7) is -0.429. The van der Waals surface area contributed by atoms with E-state index in [4.69, 9.17) is 14.9 Å². The first-order valence-corrected chi connectivity index (χ1v) is 6.01. The lowest BCUT2D eigenvalue weighted by atomic mass is 10.2. The number of hydrogen-bond donors (Lipinski definition) is 4. The number of nitrogens with zero attached hydrogens (tertiary/aromatic N) is 2. The van der Waals surface area contributed by atoms with E-state index < -0.39 is 42.3 Å². The molecule has 1 aromatic rings. The highest BCUT2D eigenvalue weighted by atomic mass is 16.5. The molecule has 1 saturated heterocycles. The number of rotatable bonds is 4. The number of carboxylic acid groups (broad SMARTS) is 1. The molecular weight excluding hydrogens is 286 g/mol. The zero-order valence-corrected chi connectivity index (χ0v) is 10.7. The predicted octanol–water partition coefficient (Wildman–Crippen LogP) is -2.33. The molecule has 10 nitrogen and oxygen atoms in total. The number of aromatic nitrogens is 3. The minimum absolute atomic E-state index is 0.00621. The Morgan fingerprint density at radius 3 is 2.81 bits per heavy atom. The highest BCUT2D eigenvalue weighted by Gasteiger charge is 2.35. The van der Waals surface area contributed by atoms with Crippen molar-refractivity contribution in [2.45, 2.75) is 24.9 Å². The Kier molecular flexibility index (Phi) is 4.31. The number of H-pyrrole nitrogens is 1. The lowest BCUT2D eigenvalue weighted by Crippen LogP contribution is -2.36. The first kappa shape index (κ1) is 15.1. The Balaban J connectivity index is 2.37. The standard InChI is InChI=1S/C11H13N3O7/c15-4-7-6(16)3-8(21-7)14-11(20)12-10(19)5(13-14)1-2-9(17)18/h1-2,6-8,15-16H,3-4H2,(H,17,18)(H,12,19,20)/b2-1+/t6-,7+,8-/m0/s1. The van der Waals surface area contributed by atoms with Crippen molar-refractivity contribution in [2.24, 2.45) is 0 Å². The summed E-state index contributed by atoms with van der Waals surface area (Å²) >= 11 is 0. The maximum Gasteiger partial charge on any atom is 0.347 e. The zero-order chi connectivity index (χ0) is 15.6. The fraction of sp³-hybridized carbons (Fsp3) is 0.455. The molecule has 21 heavy (non-hydrogen) atoms. The number of hydrogen-bond acceptors (Lipinski definition) is 7. The van der Waals surface area contributed by atoms with Crippen LogP contribution in [-0.2, 0) is 9.53 Å². The van der Waals surface area contributed by atoms with Gasteiger partial charge >= 0.3 is 11.7 Å². The van der Waals surface area contributed by atoms with E-state index in [2.05, 4.69) is 5.10 Å². The zero-order valence-electron chi connectivity index (χ0n) is 10.7. The molecular formula is C11H13N3O7. The largest absolute Gasteiger partial charge is 0.478 e. The summed E-state index contributed by atoms with van der Waals surface area (Å²) in [5, 5.41) is 30.9. The van der Waals surface area contributed by atoms with Crippen LogP contribution in [0.1, 0.15) is 18.3 Å². The van der Waals surface area contributed by atoms with Gasteiger partial charge in [-0.15, -0.1) is 0 Å². The Bertz CT molecular complexity index is 677. The molecule has 1 aliphatic heterocycles. The molecule has 0 radical (unpaired) electrons. The lowest BCUT2D eigenvalue weighted by molar-refractivity contribution is -0.131. The molecule has 1 aromatic heterocycles. The topological polar surface area (TPSA) is 155 Å². The Morgan fingerprint density at radius 1 is 1.52 bits per heavy atom. The van der Waals surface area contributed by atoms with Crippen molar-refractivity contribution >= 4 is 12.0 Å². The van der Waals surface area contributed by atoms with Gasteiger partial charge < -0.3 is 20.1 Å². The lowest BCUT2D eigenvalue weighted by Gasteiger charge is -2.13. The molecule has 2 rings (SSSR count). The minimum Gasteiger partial charge on any atom is -0.478 e. The summed E-state index contributed by atoms with van der Waals surface area (Å²) < 4.78 is 6.04. The van der Waals surface area contributed by atoms with Crippen molar-refractivity contribution in [3.05, 3.63) is 32.6 Å². The van der Waals surface area contributed by atoms with E-state index in [1.165, 1.54) is 0 Å². The van der Waals surface area contributed by atoms with Gasteiger partial charge in [0.25, 0.3) is 5.56 Å². The summed E-state index contributed by atoms with van der Waals surface area (Å²) in [6.07, 6.45) is -1.14. The number of aliphatic hydroxyl groups is 2. The van der Waals surface area contributed by atoms with Gasteiger partial charge in [0.2, 0.25) is 0 Å². The second kappa shape index (κ2) is 5.99. The number of aliphatic hydroxyl groups excluding tert-OH is 2. The SMILES string of the molecule is O=C(O)/C=C/c1nn([C@@H]2C[C@H](O)[C@@H](CO)O2)c(=O)[nH]c1=O. The second-order valence-electron chi connectivity index (χ2n) is 4.38. The molecule has 0 saturated carbocycles. The first-order valence-electron chi connectivity index (χ1n) is 6.01. The molecule has 2 heterocycles. The van der Waals surface area contributed by atoms with Crippen LogP contribution < -0.4 is 11.2 Å². The van der Waals surface area contributed by atoms with E-state index in [1.54, 1.807) is 0 Å².